The highest BCUT2D eigenvalue weighted by molar-refractivity contribution is 6.17. The van der Waals surface area contributed by atoms with Crippen LogP contribution in [0.15, 0.2) is 30.3 Å². The topological polar surface area (TPSA) is 16.1 Å². The van der Waals surface area contributed by atoms with Crippen molar-refractivity contribution in [2.45, 2.75) is 32.1 Å². The zero-order valence-electron chi connectivity index (χ0n) is 12.0. The summed E-state index contributed by atoms with van der Waals surface area (Å²) in [5, 5.41) is 1.18. The molecule has 0 bridgehead atoms. The Kier molecular flexibility index (Phi) is 4.11. The van der Waals surface area contributed by atoms with Gasteiger partial charge in [-0.3, -0.25) is 0 Å². The van der Waals surface area contributed by atoms with E-state index in [1.165, 1.54) is 24.6 Å². The maximum atomic E-state index is 6.16. The number of fused-ring (bicyclic) bond motifs is 1. The number of rotatable bonds is 3. The fourth-order valence-electron chi connectivity index (χ4n) is 3.11. The molecule has 0 radical (unpaired) electrons. The van der Waals surface area contributed by atoms with Crippen LogP contribution in [0.4, 0.5) is 5.82 Å². The lowest BCUT2D eigenvalue weighted by Crippen LogP contribution is -2.36. The van der Waals surface area contributed by atoms with E-state index in [1.54, 1.807) is 0 Å². The van der Waals surface area contributed by atoms with Gasteiger partial charge in [-0.15, -0.1) is 11.6 Å². The second kappa shape index (κ2) is 6.01. The molecular formula is C17H21ClN2. The maximum Gasteiger partial charge on any atom is 0.133 e. The highest BCUT2D eigenvalue weighted by Crippen LogP contribution is 2.29. The van der Waals surface area contributed by atoms with E-state index in [2.05, 4.69) is 36.1 Å². The Balaban J connectivity index is 2.00. The van der Waals surface area contributed by atoms with Crippen LogP contribution in [0.25, 0.3) is 10.9 Å². The maximum absolute atomic E-state index is 6.16. The normalized spacial score (nSPS) is 19.5. The van der Waals surface area contributed by atoms with Gasteiger partial charge >= 0.3 is 0 Å². The molecule has 106 valence electrons. The van der Waals surface area contributed by atoms with Crippen LogP contribution in [-0.2, 0) is 5.88 Å². The summed E-state index contributed by atoms with van der Waals surface area (Å²) in [5.74, 6) is 2.41. The van der Waals surface area contributed by atoms with Crippen LogP contribution < -0.4 is 4.90 Å². The summed E-state index contributed by atoms with van der Waals surface area (Å²) in [4.78, 5) is 7.31. The van der Waals surface area contributed by atoms with Gasteiger partial charge in [0, 0.05) is 24.0 Å². The number of piperidine rings is 1. The summed E-state index contributed by atoms with van der Waals surface area (Å²) in [6, 6.07) is 10.5. The second-order valence-electron chi connectivity index (χ2n) is 5.66. The molecule has 1 atom stereocenters. The van der Waals surface area contributed by atoms with Gasteiger partial charge in [-0.05, 0) is 30.9 Å². The third-order valence-electron chi connectivity index (χ3n) is 4.32. The van der Waals surface area contributed by atoms with E-state index in [0.717, 1.165) is 35.9 Å². The molecule has 0 aliphatic carbocycles. The van der Waals surface area contributed by atoms with Crippen molar-refractivity contribution in [3.63, 3.8) is 0 Å². The number of benzene rings is 1. The van der Waals surface area contributed by atoms with Crippen LogP contribution in [0, 0.1) is 5.92 Å². The highest BCUT2D eigenvalue weighted by atomic mass is 35.5. The van der Waals surface area contributed by atoms with Gasteiger partial charge in [0.25, 0.3) is 0 Å². The van der Waals surface area contributed by atoms with E-state index in [1.807, 2.05) is 6.07 Å². The molecule has 20 heavy (non-hydrogen) atoms. The molecule has 1 unspecified atom stereocenters. The van der Waals surface area contributed by atoms with E-state index >= 15 is 0 Å². The number of pyridine rings is 1. The monoisotopic (exact) mass is 288 g/mol. The molecule has 0 N–H and O–H groups in total. The third kappa shape index (κ3) is 2.62. The van der Waals surface area contributed by atoms with Gasteiger partial charge in [0.05, 0.1) is 11.4 Å². The number of alkyl halides is 1. The lowest BCUT2D eigenvalue weighted by molar-refractivity contribution is 0.403. The number of para-hydroxylation sites is 1. The largest absolute Gasteiger partial charge is 0.356 e. The van der Waals surface area contributed by atoms with Crippen molar-refractivity contribution in [1.82, 2.24) is 4.98 Å². The number of hydrogen-bond donors (Lipinski definition) is 0. The molecule has 1 saturated heterocycles. The summed E-state index contributed by atoms with van der Waals surface area (Å²) in [7, 11) is 0. The Morgan fingerprint density at radius 2 is 2.20 bits per heavy atom. The van der Waals surface area contributed by atoms with Gasteiger partial charge in [-0.1, -0.05) is 31.5 Å². The fraction of sp³-hybridized carbons (Fsp3) is 0.471. The SMILES string of the molecule is CCC1CCCN(c2nc3ccccc3cc2CCl)C1. The number of anilines is 1. The van der Waals surface area contributed by atoms with Crippen molar-refractivity contribution in [2.24, 2.45) is 5.92 Å². The predicted molar refractivity (Wildman–Crippen MR) is 86.5 cm³/mol. The summed E-state index contributed by atoms with van der Waals surface area (Å²) in [5.41, 5.74) is 2.22. The molecule has 1 aromatic carbocycles. The first-order valence-electron chi connectivity index (χ1n) is 7.51. The van der Waals surface area contributed by atoms with Gasteiger partial charge in [0.15, 0.2) is 0 Å². The zero-order valence-corrected chi connectivity index (χ0v) is 12.7. The highest BCUT2D eigenvalue weighted by Gasteiger charge is 2.21. The first-order chi connectivity index (χ1) is 9.81. The minimum atomic E-state index is 0.528. The third-order valence-corrected chi connectivity index (χ3v) is 4.61. The van der Waals surface area contributed by atoms with Crippen molar-refractivity contribution in [2.75, 3.05) is 18.0 Å². The van der Waals surface area contributed by atoms with Crippen molar-refractivity contribution in [3.8, 4) is 0 Å². The van der Waals surface area contributed by atoms with Crippen LogP contribution in [-0.4, -0.2) is 18.1 Å². The molecule has 0 spiro atoms. The lowest BCUT2D eigenvalue weighted by atomic mass is 9.95. The zero-order chi connectivity index (χ0) is 13.9. The van der Waals surface area contributed by atoms with Gasteiger partial charge in [0.1, 0.15) is 5.82 Å². The van der Waals surface area contributed by atoms with Crippen molar-refractivity contribution in [1.29, 1.82) is 0 Å². The molecule has 2 nitrogen and oxygen atoms in total. The van der Waals surface area contributed by atoms with Crippen LogP contribution in [0.5, 0.6) is 0 Å². The van der Waals surface area contributed by atoms with Gasteiger partial charge < -0.3 is 4.90 Å². The molecule has 1 aromatic heterocycles. The molecule has 3 heteroatoms. The molecule has 1 aliphatic rings. The first kappa shape index (κ1) is 13.7. The van der Waals surface area contributed by atoms with E-state index < -0.39 is 0 Å². The van der Waals surface area contributed by atoms with Crippen molar-refractivity contribution in [3.05, 3.63) is 35.9 Å². The van der Waals surface area contributed by atoms with Crippen molar-refractivity contribution >= 4 is 28.3 Å². The van der Waals surface area contributed by atoms with Gasteiger partial charge in [-0.2, -0.15) is 0 Å². The summed E-state index contributed by atoms with van der Waals surface area (Å²) in [6.45, 7) is 4.50. The standard InChI is InChI=1S/C17H21ClN2/c1-2-13-6-5-9-20(12-13)17-15(11-18)10-14-7-3-4-8-16(14)19-17/h3-4,7-8,10,13H,2,5-6,9,11-12H2,1H3. The Hall–Kier alpha value is -1.28. The molecule has 2 aromatic rings. The summed E-state index contributed by atoms with van der Waals surface area (Å²) >= 11 is 6.16. The second-order valence-corrected chi connectivity index (χ2v) is 5.93. The van der Waals surface area contributed by atoms with E-state index in [0.29, 0.717) is 5.88 Å². The predicted octanol–water partition coefficient (Wildman–Crippen LogP) is 4.60. The smallest absolute Gasteiger partial charge is 0.133 e. The minimum absolute atomic E-state index is 0.528. The Morgan fingerprint density at radius 1 is 1.35 bits per heavy atom. The molecular weight excluding hydrogens is 268 g/mol. The molecule has 1 aliphatic heterocycles. The average molecular weight is 289 g/mol. The summed E-state index contributed by atoms with van der Waals surface area (Å²) in [6.07, 6.45) is 3.85. The van der Waals surface area contributed by atoms with E-state index in [4.69, 9.17) is 16.6 Å². The van der Waals surface area contributed by atoms with Gasteiger partial charge in [0.2, 0.25) is 0 Å². The Bertz CT molecular complexity index is 597. The summed E-state index contributed by atoms with van der Waals surface area (Å²) < 4.78 is 0. The molecule has 2 heterocycles. The number of hydrogen-bond acceptors (Lipinski definition) is 2. The number of aromatic nitrogens is 1. The fourth-order valence-corrected chi connectivity index (χ4v) is 3.31. The molecule has 0 saturated carbocycles. The van der Waals surface area contributed by atoms with Crippen molar-refractivity contribution < 1.29 is 0 Å². The minimum Gasteiger partial charge on any atom is -0.356 e. The van der Waals surface area contributed by atoms with Crippen LogP contribution in [0.2, 0.25) is 0 Å². The first-order valence-corrected chi connectivity index (χ1v) is 8.05. The van der Waals surface area contributed by atoms with Gasteiger partial charge in [-0.25, -0.2) is 4.98 Å². The quantitative estimate of drug-likeness (QED) is 0.767. The van der Waals surface area contributed by atoms with E-state index in [-0.39, 0.29) is 0 Å². The van der Waals surface area contributed by atoms with Crippen LogP contribution in [0.1, 0.15) is 31.7 Å². The Morgan fingerprint density at radius 3 is 3.00 bits per heavy atom. The average Bonchev–Trinajstić information content (AvgIpc) is 2.53. The molecule has 3 rings (SSSR count). The van der Waals surface area contributed by atoms with Crippen LogP contribution >= 0.6 is 11.6 Å². The molecule has 1 fully saturated rings. The molecule has 0 amide bonds. The Labute approximate surface area is 125 Å². The van der Waals surface area contributed by atoms with E-state index in [9.17, 15) is 0 Å². The number of nitrogens with zero attached hydrogens (tertiary/aromatic N) is 2. The van der Waals surface area contributed by atoms with Crippen LogP contribution in [0.3, 0.4) is 0 Å². The number of halogens is 1. The lowest BCUT2D eigenvalue weighted by Gasteiger charge is -2.34.